The number of thioether (sulfide) groups is 1. The van der Waals surface area contributed by atoms with Crippen molar-refractivity contribution in [1.29, 1.82) is 0 Å². The fourth-order valence-corrected chi connectivity index (χ4v) is 4.87. The SMILES string of the molecule is Cc1ccc(Cl)cc1NC(=O)C(C)Sc1cccc(NC(=O)c2cccc3cccc(C(=O)O)c23)c1. The van der Waals surface area contributed by atoms with Crippen LogP contribution in [-0.2, 0) is 4.79 Å². The fraction of sp³-hybridized carbons (Fsp3) is 0.107. The zero-order valence-corrected chi connectivity index (χ0v) is 21.1. The Balaban J connectivity index is 1.50. The van der Waals surface area contributed by atoms with Crippen LogP contribution in [0.1, 0.15) is 33.2 Å². The number of carbonyl (C=O) groups is 3. The van der Waals surface area contributed by atoms with Gasteiger partial charge in [-0.2, -0.15) is 0 Å². The Hall–Kier alpha value is -3.81. The van der Waals surface area contributed by atoms with Gasteiger partial charge in [0.05, 0.1) is 10.8 Å². The Kier molecular flexibility index (Phi) is 7.62. The second-order valence-corrected chi connectivity index (χ2v) is 10.1. The molecular weight excluding hydrogens is 496 g/mol. The number of nitrogens with one attached hydrogen (secondary N) is 2. The molecule has 1 atom stereocenters. The Morgan fingerprint density at radius 3 is 2.31 bits per heavy atom. The minimum absolute atomic E-state index is 0.0670. The quantitative estimate of drug-likeness (QED) is 0.232. The van der Waals surface area contributed by atoms with E-state index >= 15 is 0 Å². The van der Waals surface area contributed by atoms with Crippen molar-refractivity contribution in [2.45, 2.75) is 24.0 Å². The normalized spacial score (nSPS) is 11.6. The molecule has 0 heterocycles. The number of rotatable bonds is 7. The van der Waals surface area contributed by atoms with Crippen LogP contribution in [0.4, 0.5) is 11.4 Å². The minimum atomic E-state index is -1.10. The van der Waals surface area contributed by atoms with Gasteiger partial charge >= 0.3 is 5.97 Å². The molecule has 4 aromatic rings. The third kappa shape index (κ3) is 5.70. The summed E-state index contributed by atoms with van der Waals surface area (Å²) in [6.45, 7) is 3.69. The summed E-state index contributed by atoms with van der Waals surface area (Å²) in [5.41, 5.74) is 2.45. The van der Waals surface area contributed by atoms with Crippen LogP contribution in [-0.4, -0.2) is 28.1 Å². The van der Waals surface area contributed by atoms with Gasteiger partial charge in [0, 0.05) is 32.2 Å². The van der Waals surface area contributed by atoms with E-state index in [4.69, 9.17) is 11.6 Å². The maximum atomic E-state index is 13.1. The van der Waals surface area contributed by atoms with Crippen molar-refractivity contribution < 1.29 is 19.5 Å². The summed E-state index contributed by atoms with van der Waals surface area (Å²) in [6.07, 6.45) is 0. The molecule has 2 amide bonds. The van der Waals surface area contributed by atoms with Crippen molar-refractivity contribution in [3.8, 4) is 0 Å². The van der Waals surface area contributed by atoms with Crippen molar-refractivity contribution in [1.82, 2.24) is 0 Å². The van der Waals surface area contributed by atoms with E-state index in [0.29, 0.717) is 27.2 Å². The first-order valence-corrected chi connectivity index (χ1v) is 12.4. The average Bonchev–Trinajstić information content (AvgIpc) is 2.85. The molecule has 0 fully saturated rings. The fourth-order valence-electron chi connectivity index (χ4n) is 3.77. The summed E-state index contributed by atoms with van der Waals surface area (Å²) in [5.74, 6) is -1.69. The maximum absolute atomic E-state index is 13.1. The number of aromatic carboxylic acids is 1. The second kappa shape index (κ2) is 10.8. The van der Waals surface area contributed by atoms with E-state index in [9.17, 15) is 19.5 Å². The van der Waals surface area contributed by atoms with Gasteiger partial charge in [0.15, 0.2) is 0 Å². The third-order valence-electron chi connectivity index (χ3n) is 5.61. The highest BCUT2D eigenvalue weighted by Crippen LogP contribution is 2.29. The lowest BCUT2D eigenvalue weighted by atomic mass is 9.98. The van der Waals surface area contributed by atoms with Crippen LogP contribution in [0.25, 0.3) is 10.8 Å². The number of carbonyl (C=O) groups excluding carboxylic acids is 2. The molecule has 0 spiro atoms. The first-order valence-electron chi connectivity index (χ1n) is 11.1. The summed E-state index contributed by atoms with van der Waals surface area (Å²) in [6, 6.07) is 22.5. The van der Waals surface area contributed by atoms with Crippen LogP contribution in [0.5, 0.6) is 0 Å². The number of hydrogen-bond acceptors (Lipinski definition) is 4. The highest BCUT2D eigenvalue weighted by Gasteiger charge is 2.18. The zero-order chi connectivity index (χ0) is 25.8. The molecule has 0 aromatic heterocycles. The lowest BCUT2D eigenvalue weighted by Crippen LogP contribution is -2.22. The summed E-state index contributed by atoms with van der Waals surface area (Å²) >= 11 is 7.40. The number of aryl methyl sites for hydroxylation is 1. The summed E-state index contributed by atoms with van der Waals surface area (Å²) in [5, 5.41) is 16.5. The van der Waals surface area contributed by atoms with E-state index in [2.05, 4.69) is 10.6 Å². The van der Waals surface area contributed by atoms with Crippen LogP contribution in [0.15, 0.2) is 83.8 Å². The van der Waals surface area contributed by atoms with Crippen molar-refractivity contribution in [3.63, 3.8) is 0 Å². The third-order valence-corrected chi connectivity index (χ3v) is 6.94. The van der Waals surface area contributed by atoms with E-state index < -0.39 is 17.1 Å². The molecule has 0 radical (unpaired) electrons. The molecule has 0 bridgehead atoms. The van der Waals surface area contributed by atoms with Crippen molar-refractivity contribution in [3.05, 3.63) is 101 Å². The summed E-state index contributed by atoms with van der Waals surface area (Å²) < 4.78 is 0. The van der Waals surface area contributed by atoms with Gasteiger partial charge in [-0.25, -0.2) is 4.79 Å². The molecule has 0 aliphatic carbocycles. The molecule has 4 aromatic carbocycles. The minimum Gasteiger partial charge on any atom is -0.478 e. The van der Waals surface area contributed by atoms with Crippen LogP contribution in [0.3, 0.4) is 0 Å². The standard InChI is InChI=1S/C28H23ClN2O4S/c1-16-12-13-19(29)14-24(16)31-26(32)17(2)36-21-9-5-8-20(15-21)30-27(33)22-10-3-6-18-7-4-11-23(25(18)22)28(34)35/h3-15,17H,1-2H3,(H,30,33)(H,31,32)(H,34,35). The smallest absolute Gasteiger partial charge is 0.336 e. The molecule has 36 heavy (non-hydrogen) atoms. The van der Waals surface area contributed by atoms with Gasteiger partial charge in [-0.1, -0.05) is 48.0 Å². The number of halogens is 1. The number of anilines is 2. The van der Waals surface area contributed by atoms with Gasteiger partial charge in [-0.15, -0.1) is 11.8 Å². The zero-order valence-electron chi connectivity index (χ0n) is 19.5. The number of carboxylic acid groups (broad SMARTS) is 1. The Morgan fingerprint density at radius 1 is 0.889 bits per heavy atom. The van der Waals surface area contributed by atoms with Gasteiger partial charge in [-0.05, 0) is 67.3 Å². The van der Waals surface area contributed by atoms with E-state index in [1.54, 1.807) is 67.6 Å². The maximum Gasteiger partial charge on any atom is 0.336 e. The number of carboxylic acids is 1. The molecular formula is C28H23ClN2O4S. The predicted octanol–water partition coefficient (Wildman–Crippen LogP) is 6.87. The largest absolute Gasteiger partial charge is 0.478 e. The molecule has 6 nitrogen and oxygen atoms in total. The number of hydrogen-bond donors (Lipinski definition) is 3. The Bertz CT molecular complexity index is 1480. The Labute approximate surface area is 217 Å². The van der Waals surface area contributed by atoms with Crippen LogP contribution >= 0.6 is 23.4 Å². The van der Waals surface area contributed by atoms with Crippen LogP contribution in [0.2, 0.25) is 5.02 Å². The number of amides is 2. The Morgan fingerprint density at radius 2 is 1.58 bits per heavy atom. The number of benzene rings is 4. The molecule has 4 rings (SSSR count). The van der Waals surface area contributed by atoms with Crippen molar-refractivity contribution in [2.24, 2.45) is 0 Å². The molecule has 0 saturated heterocycles. The van der Waals surface area contributed by atoms with Gasteiger partial charge in [0.25, 0.3) is 5.91 Å². The molecule has 1 unspecified atom stereocenters. The molecule has 0 aliphatic rings. The van der Waals surface area contributed by atoms with Gasteiger partial charge in [-0.3, -0.25) is 9.59 Å². The molecule has 182 valence electrons. The van der Waals surface area contributed by atoms with E-state index in [1.165, 1.54) is 17.8 Å². The van der Waals surface area contributed by atoms with Crippen molar-refractivity contribution in [2.75, 3.05) is 10.6 Å². The van der Waals surface area contributed by atoms with Crippen molar-refractivity contribution >= 4 is 63.3 Å². The first kappa shape index (κ1) is 25.3. The second-order valence-electron chi connectivity index (χ2n) is 8.20. The van der Waals surface area contributed by atoms with Gasteiger partial charge < -0.3 is 15.7 Å². The van der Waals surface area contributed by atoms with E-state index in [0.717, 1.165) is 10.5 Å². The monoisotopic (exact) mass is 518 g/mol. The molecule has 8 heteroatoms. The van der Waals surface area contributed by atoms with Crippen LogP contribution in [0, 0.1) is 6.92 Å². The predicted molar refractivity (Wildman–Crippen MR) is 145 cm³/mol. The van der Waals surface area contributed by atoms with Gasteiger partial charge in [0.1, 0.15) is 0 Å². The van der Waals surface area contributed by atoms with Crippen LogP contribution < -0.4 is 10.6 Å². The lowest BCUT2D eigenvalue weighted by molar-refractivity contribution is -0.115. The summed E-state index contributed by atoms with van der Waals surface area (Å²) in [7, 11) is 0. The number of fused-ring (bicyclic) bond motifs is 1. The average molecular weight is 519 g/mol. The summed E-state index contributed by atoms with van der Waals surface area (Å²) in [4.78, 5) is 38.4. The highest BCUT2D eigenvalue weighted by molar-refractivity contribution is 8.00. The van der Waals surface area contributed by atoms with Gasteiger partial charge in [0.2, 0.25) is 5.91 Å². The van der Waals surface area contributed by atoms with E-state index in [1.807, 2.05) is 19.1 Å². The topological polar surface area (TPSA) is 95.5 Å². The van der Waals surface area contributed by atoms with E-state index in [-0.39, 0.29) is 17.0 Å². The molecule has 3 N–H and O–H groups in total. The highest BCUT2D eigenvalue weighted by atomic mass is 35.5. The lowest BCUT2D eigenvalue weighted by Gasteiger charge is -2.15. The molecule has 0 aliphatic heterocycles. The molecule has 0 saturated carbocycles. The first-order chi connectivity index (χ1) is 17.2.